The molecular formula is C18H23N3O4S. The molecule has 2 aromatic rings. The molecule has 0 atom stereocenters. The SMILES string of the molecule is CCOc1ccc(/C=N\Nc2nc(CC)c(C(=O)OC)s2)cc1OCC. The van der Waals surface area contributed by atoms with Crippen LogP contribution in [0.15, 0.2) is 23.3 Å². The number of hydrazone groups is 1. The third kappa shape index (κ3) is 4.95. The molecule has 1 N–H and O–H groups in total. The van der Waals surface area contributed by atoms with Crippen molar-refractivity contribution in [3.05, 3.63) is 34.3 Å². The molecule has 0 aliphatic carbocycles. The van der Waals surface area contributed by atoms with Crippen LogP contribution in [0.5, 0.6) is 11.5 Å². The highest BCUT2D eigenvalue weighted by Crippen LogP contribution is 2.28. The number of anilines is 1. The Labute approximate surface area is 157 Å². The third-order valence-electron chi connectivity index (χ3n) is 3.34. The van der Waals surface area contributed by atoms with Crippen LogP contribution in [0.2, 0.25) is 0 Å². The maximum absolute atomic E-state index is 11.7. The monoisotopic (exact) mass is 377 g/mol. The van der Waals surface area contributed by atoms with Gasteiger partial charge < -0.3 is 14.2 Å². The standard InChI is InChI=1S/C18H23N3O4S/c1-5-13-16(17(22)23-4)26-18(20-13)21-19-11-12-8-9-14(24-6-2)15(10-12)25-7-3/h8-11H,5-7H2,1-4H3,(H,20,21)/b19-11-. The summed E-state index contributed by atoms with van der Waals surface area (Å²) in [5.41, 5.74) is 4.40. The van der Waals surface area contributed by atoms with Crippen LogP contribution in [0.3, 0.4) is 0 Å². The second kappa shape index (κ2) is 9.76. The van der Waals surface area contributed by atoms with E-state index in [1.165, 1.54) is 18.4 Å². The molecule has 0 aliphatic heterocycles. The number of nitrogens with zero attached hydrogens (tertiary/aromatic N) is 2. The smallest absolute Gasteiger partial charge is 0.350 e. The van der Waals surface area contributed by atoms with E-state index in [9.17, 15) is 4.79 Å². The van der Waals surface area contributed by atoms with E-state index in [1.807, 2.05) is 39.0 Å². The van der Waals surface area contributed by atoms with Crippen LogP contribution >= 0.6 is 11.3 Å². The van der Waals surface area contributed by atoms with Gasteiger partial charge in [-0.05, 0) is 44.0 Å². The van der Waals surface area contributed by atoms with E-state index in [-0.39, 0.29) is 5.97 Å². The first-order valence-electron chi connectivity index (χ1n) is 8.39. The Morgan fingerprint density at radius 2 is 1.96 bits per heavy atom. The molecule has 7 nitrogen and oxygen atoms in total. The Kier molecular flexibility index (Phi) is 7.40. The summed E-state index contributed by atoms with van der Waals surface area (Å²) in [5.74, 6) is 0.993. The minimum atomic E-state index is -0.385. The van der Waals surface area contributed by atoms with Gasteiger partial charge in [-0.2, -0.15) is 5.10 Å². The van der Waals surface area contributed by atoms with Crippen LogP contribution in [0.1, 0.15) is 41.7 Å². The number of benzene rings is 1. The highest BCUT2D eigenvalue weighted by molar-refractivity contribution is 7.17. The largest absolute Gasteiger partial charge is 0.490 e. The molecule has 1 heterocycles. The van der Waals surface area contributed by atoms with Crippen molar-refractivity contribution in [2.75, 3.05) is 25.7 Å². The van der Waals surface area contributed by atoms with Gasteiger partial charge in [0.05, 0.1) is 32.2 Å². The van der Waals surface area contributed by atoms with E-state index in [2.05, 4.69) is 15.5 Å². The first-order chi connectivity index (χ1) is 12.6. The average molecular weight is 377 g/mol. The van der Waals surface area contributed by atoms with Gasteiger partial charge in [0.2, 0.25) is 5.13 Å². The molecule has 140 valence electrons. The molecule has 2 rings (SSSR count). The van der Waals surface area contributed by atoms with Gasteiger partial charge in [0.15, 0.2) is 11.5 Å². The fourth-order valence-corrected chi connectivity index (χ4v) is 3.12. The van der Waals surface area contributed by atoms with Crippen molar-refractivity contribution in [2.45, 2.75) is 27.2 Å². The molecule has 0 saturated carbocycles. The third-order valence-corrected chi connectivity index (χ3v) is 4.33. The number of esters is 1. The van der Waals surface area contributed by atoms with Crippen LogP contribution in [0.25, 0.3) is 0 Å². The molecule has 8 heteroatoms. The molecular weight excluding hydrogens is 354 g/mol. The van der Waals surface area contributed by atoms with Gasteiger partial charge in [0, 0.05) is 0 Å². The maximum Gasteiger partial charge on any atom is 0.350 e. The van der Waals surface area contributed by atoms with E-state index < -0.39 is 0 Å². The number of hydrogen-bond donors (Lipinski definition) is 1. The number of carbonyl (C=O) groups is 1. The van der Waals surface area contributed by atoms with Gasteiger partial charge in [-0.1, -0.05) is 18.3 Å². The zero-order valence-electron chi connectivity index (χ0n) is 15.4. The number of aryl methyl sites for hydroxylation is 1. The molecule has 1 aromatic heterocycles. The van der Waals surface area contributed by atoms with Crippen LogP contribution < -0.4 is 14.9 Å². The fraction of sp³-hybridized carbons (Fsp3) is 0.389. The van der Waals surface area contributed by atoms with Gasteiger partial charge in [-0.25, -0.2) is 9.78 Å². The second-order valence-corrected chi connectivity index (χ2v) is 6.08. The summed E-state index contributed by atoms with van der Waals surface area (Å²) in [5, 5.41) is 4.72. The molecule has 26 heavy (non-hydrogen) atoms. The van der Waals surface area contributed by atoms with Crippen molar-refractivity contribution in [1.82, 2.24) is 4.98 Å². The molecule has 1 aromatic carbocycles. The van der Waals surface area contributed by atoms with Crippen LogP contribution in [0.4, 0.5) is 5.13 Å². The molecule has 0 fully saturated rings. The molecule has 0 unspecified atom stereocenters. The minimum absolute atomic E-state index is 0.385. The van der Waals surface area contributed by atoms with Crippen molar-refractivity contribution in [2.24, 2.45) is 5.10 Å². The lowest BCUT2D eigenvalue weighted by molar-refractivity contribution is 0.0605. The predicted octanol–water partition coefficient (Wildman–Crippen LogP) is 3.74. The van der Waals surface area contributed by atoms with Gasteiger partial charge in [-0.15, -0.1) is 0 Å². The number of hydrogen-bond acceptors (Lipinski definition) is 8. The maximum atomic E-state index is 11.7. The van der Waals surface area contributed by atoms with Crippen molar-refractivity contribution in [1.29, 1.82) is 0 Å². The topological polar surface area (TPSA) is 82.0 Å². The number of carbonyl (C=O) groups excluding carboxylic acids is 1. The highest BCUT2D eigenvalue weighted by Gasteiger charge is 2.17. The molecule has 0 spiro atoms. The Balaban J connectivity index is 2.12. The van der Waals surface area contributed by atoms with E-state index in [0.29, 0.717) is 46.8 Å². The highest BCUT2D eigenvalue weighted by atomic mass is 32.1. The summed E-state index contributed by atoms with van der Waals surface area (Å²) >= 11 is 1.22. The number of rotatable bonds is 9. The normalized spacial score (nSPS) is 10.8. The zero-order chi connectivity index (χ0) is 18.9. The summed E-state index contributed by atoms with van der Waals surface area (Å²) in [7, 11) is 1.36. The first-order valence-corrected chi connectivity index (χ1v) is 9.21. The molecule has 0 aliphatic rings. The van der Waals surface area contributed by atoms with Crippen molar-refractivity contribution in [3.63, 3.8) is 0 Å². The Morgan fingerprint density at radius 3 is 2.62 bits per heavy atom. The summed E-state index contributed by atoms with van der Waals surface area (Å²) in [4.78, 5) is 16.6. The lowest BCUT2D eigenvalue weighted by Gasteiger charge is -2.11. The van der Waals surface area contributed by atoms with Gasteiger partial charge in [0.25, 0.3) is 0 Å². The molecule has 0 amide bonds. The van der Waals surface area contributed by atoms with E-state index in [1.54, 1.807) is 6.21 Å². The van der Waals surface area contributed by atoms with Gasteiger partial charge in [-0.3, -0.25) is 5.43 Å². The van der Waals surface area contributed by atoms with Gasteiger partial charge >= 0.3 is 5.97 Å². The number of aromatic nitrogens is 1. The number of nitrogens with one attached hydrogen (secondary N) is 1. The second-order valence-electron chi connectivity index (χ2n) is 5.08. The number of methoxy groups -OCH3 is 1. The Hall–Kier alpha value is -2.61. The average Bonchev–Trinajstić information content (AvgIpc) is 3.06. The van der Waals surface area contributed by atoms with Crippen LogP contribution in [-0.4, -0.2) is 37.5 Å². The lowest BCUT2D eigenvalue weighted by Crippen LogP contribution is -2.01. The van der Waals surface area contributed by atoms with E-state index >= 15 is 0 Å². The number of thiazole rings is 1. The molecule has 0 saturated heterocycles. The van der Waals surface area contributed by atoms with Crippen molar-refractivity contribution >= 4 is 28.7 Å². The summed E-state index contributed by atoms with van der Waals surface area (Å²) in [6.07, 6.45) is 2.30. The van der Waals surface area contributed by atoms with Gasteiger partial charge in [0.1, 0.15) is 4.88 Å². The van der Waals surface area contributed by atoms with Crippen LogP contribution in [-0.2, 0) is 11.2 Å². The number of ether oxygens (including phenoxy) is 3. The molecule has 0 bridgehead atoms. The summed E-state index contributed by atoms with van der Waals surface area (Å²) in [6.45, 7) is 6.90. The van der Waals surface area contributed by atoms with E-state index in [4.69, 9.17) is 14.2 Å². The quantitative estimate of drug-likeness (QED) is 0.407. The Morgan fingerprint density at radius 1 is 1.23 bits per heavy atom. The first kappa shape index (κ1) is 19.7. The van der Waals surface area contributed by atoms with Crippen molar-refractivity contribution < 1.29 is 19.0 Å². The van der Waals surface area contributed by atoms with Crippen molar-refractivity contribution in [3.8, 4) is 11.5 Å². The van der Waals surface area contributed by atoms with E-state index in [0.717, 1.165) is 5.56 Å². The Bertz CT molecular complexity index is 774. The zero-order valence-corrected chi connectivity index (χ0v) is 16.2. The minimum Gasteiger partial charge on any atom is -0.490 e. The lowest BCUT2D eigenvalue weighted by atomic mass is 10.2. The fourth-order valence-electron chi connectivity index (χ4n) is 2.20. The van der Waals surface area contributed by atoms with Crippen LogP contribution in [0, 0.1) is 0 Å². The predicted molar refractivity (Wildman–Crippen MR) is 103 cm³/mol. The summed E-state index contributed by atoms with van der Waals surface area (Å²) < 4.78 is 15.9. The molecule has 0 radical (unpaired) electrons. The summed E-state index contributed by atoms with van der Waals surface area (Å²) in [6, 6.07) is 5.60.